The molecule has 7 heteroatoms. The van der Waals surface area contributed by atoms with E-state index in [1.807, 2.05) is 26.2 Å². The predicted molar refractivity (Wildman–Crippen MR) is 123 cm³/mol. The Kier molecular flexibility index (Phi) is 8.10. The standard InChI is InChI=1S/C23H30BrFN4O/c1-27(2)12-13-29(16-18-6-8-21(25)9-7-18)23(30)26-15-19-10-11-28(17-19)22-5-3-4-20(24)14-22/h3-9,14,19H,10-13,15-17H2,1-2H3,(H,26,30). The lowest BCUT2D eigenvalue weighted by molar-refractivity contribution is 0.187. The fourth-order valence-corrected chi connectivity index (χ4v) is 4.02. The monoisotopic (exact) mass is 476 g/mol. The van der Waals surface area contributed by atoms with Crippen molar-refractivity contribution in [3.05, 3.63) is 64.4 Å². The predicted octanol–water partition coefficient (Wildman–Crippen LogP) is 4.19. The molecule has 1 aliphatic rings. The molecule has 1 N–H and O–H groups in total. The highest BCUT2D eigenvalue weighted by Crippen LogP contribution is 2.26. The maximum atomic E-state index is 13.2. The van der Waals surface area contributed by atoms with E-state index in [9.17, 15) is 9.18 Å². The van der Waals surface area contributed by atoms with Crippen molar-refractivity contribution in [3.8, 4) is 0 Å². The molecule has 2 aromatic rings. The minimum atomic E-state index is -0.265. The number of benzene rings is 2. The van der Waals surface area contributed by atoms with Crippen LogP contribution in [0.1, 0.15) is 12.0 Å². The number of carbonyl (C=O) groups is 1. The smallest absolute Gasteiger partial charge is 0.317 e. The summed E-state index contributed by atoms with van der Waals surface area (Å²) in [7, 11) is 3.98. The van der Waals surface area contributed by atoms with Gasteiger partial charge in [0.05, 0.1) is 0 Å². The van der Waals surface area contributed by atoms with Crippen molar-refractivity contribution in [1.29, 1.82) is 0 Å². The summed E-state index contributed by atoms with van der Waals surface area (Å²) in [5, 5.41) is 3.12. The van der Waals surface area contributed by atoms with Crippen molar-refractivity contribution >= 4 is 27.6 Å². The van der Waals surface area contributed by atoms with E-state index in [-0.39, 0.29) is 11.8 Å². The average Bonchev–Trinajstić information content (AvgIpc) is 3.20. The molecule has 1 atom stereocenters. The molecular weight excluding hydrogens is 447 g/mol. The van der Waals surface area contributed by atoms with Crippen molar-refractivity contribution in [3.63, 3.8) is 0 Å². The highest BCUT2D eigenvalue weighted by Gasteiger charge is 2.24. The second kappa shape index (κ2) is 10.8. The zero-order valence-corrected chi connectivity index (χ0v) is 19.2. The van der Waals surface area contributed by atoms with Gasteiger partial charge in [-0.1, -0.05) is 34.1 Å². The number of hydrogen-bond donors (Lipinski definition) is 1. The molecule has 162 valence electrons. The molecule has 1 heterocycles. The van der Waals surface area contributed by atoms with Gasteiger partial charge >= 0.3 is 6.03 Å². The number of nitrogens with zero attached hydrogens (tertiary/aromatic N) is 3. The molecule has 5 nitrogen and oxygen atoms in total. The van der Waals surface area contributed by atoms with Gasteiger partial charge in [-0.15, -0.1) is 0 Å². The Morgan fingerprint density at radius 3 is 2.67 bits per heavy atom. The molecule has 1 unspecified atom stereocenters. The van der Waals surface area contributed by atoms with E-state index in [1.54, 1.807) is 17.0 Å². The summed E-state index contributed by atoms with van der Waals surface area (Å²) in [6, 6.07) is 14.6. The molecule has 3 rings (SSSR count). The summed E-state index contributed by atoms with van der Waals surface area (Å²) >= 11 is 3.53. The van der Waals surface area contributed by atoms with E-state index in [0.717, 1.165) is 36.1 Å². The summed E-state index contributed by atoms with van der Waals surface area (Å²) in [5.41, 5.74) is 2.13. The fraction of sp³-hybridized carbons (Fsp3) is 0.435. The van der Waals surface area contributed by atoms with Gasteiger partial charge in [0.2, 0.25) is 0 Å². The number of anilines is 1. The lowest BCUT2D eigenvalue weighted by atomic mass is 10.1. The third-order valence-corrected chi connectivity index (χ3v) is 5.89. The van der Waals surface area contributed by atoms with E-state index in [4.69, 9.17) is 0 Å². The van der Waals surface area contributed by atoms with Crippen molar-refractivity contribution in [2.75, 3.05) is 51.7 Å². The first kappa shape index (κ1) is 22.6. The van der Waals surface area contributed by atoms with Gasteiger partial charge < -0.3 is 20.0 Å². The van der Waals surface area contributed by atoms with Crippen LogP contribution in [0.25, 0.3) is 0 Å². The number of rotatable bonds is 8. The lowest BCUT2D eigenvalue weighted by Gasteiger charge is -2.26. The van der Waals surface area contributed by atoms with Gasteiger partial charge in [-0.25, -0.2) is 9.18 Å². The number of nitrogens with one attached hydrogen (secondary N) is 1. The summed E-state index contributed by atoms with van der Waals surface area (Å²) in [6.45, 7) is 4.45. The molecule has 0 aromatic heterocycles. The van der Waals surface area contributed by atoms with Crippen LogP contribution in [-0.2, 0) is 6.54 Å². The third-order valence-electron chi connectivity index (χ3n) is 5.39. The first-order chi connectivity index (χ1) is 14.4. The van der Waals surface area contributed by atoms with Crippen LogP contribution in [0.5, 0.6) is 0 Å². The van der Waals surface area contributed by atoms with E-state index < -0.39 is 0 Å². The van der Waals surface area contributed by atoms with Gasteiger partial charge in [0.15, 0.2) is 0 Å². The number of likely N-dealkylation sites (N-methyl/N-ethyl adjacent to an activating group) is 1. The minimum Gasteiger partial charge on any atom is -0.371 e. The van der Waals surface area contributed by atoms with Gasteiger partial charge in [-0.2, -0.15) is 0 Å². The summed E-state index contributed by atoms with van der Waals surface area (Å²) in [4.78, 5) is 19.1. The summed E-state index contributed by atoms with van der Waals surface area (Å²) < 4.78 is 14.3. The zero-order valence-electron chi connectivity index (χ0n) is 17.7. The minimum absolute atomic E-state index is 0.0675. The number of urea groups is 1. The maximum absolute atomic E-state index is 13.2. The normalized spacial score (nSPS) is 16.2. The average molecular weight is 477 g/mol. The Labute approximate surface area is 187 Å². The summed E-state index contributed by atoms with van der Waals surface area (Å²) in [5.74, 6) is 0.161. The van der Waals surface area contributed by atoms with Crippen molar-refractivity contribution < 1.29 is 9.18 Å². The SMILES string of the molecule is CN(C)CCN(Cc1ccc(F)cc1)C(=O)NCC1CCN(c2cccc(Br)c2)C1. The van der Waals surface area contributed by atoms with Crippen LogP contribution in [0.15, 0.2) is 53.0 Å². The van der Waals surface area contributed by atoms with Gasteiger partial charge in [-0.3, -0.25) is 0 Å². The van der Waals surface area contributed by atoms with Gasteiger partial charge in [0.1, 0.15) is 5.82 Å². The van der Waals surface area contributed by atoms with Crippen LogP contribution < -0.4 is 10.2 Å². The Hall–Kier alpha value is -2.12. The van der Waals surface area contributed by atoms with Gasteiger partial charge in [-0.05, 0) is 62.3 Å². The molecule has 1 aliphatic heterocycles. The molecule has 0 aliphatic carbocycles. The number of amides is 2. The van der Waals surface area contributed by atoms with Crippen LogP contribution in [0, 0.1) is 11.7 Å². The molecule has 2 aromatic carbocycles. The Balaban J connectivity index is 1.53. The molecule has 0 radical (unpaired) electrons. The van der Waals surface area contributed by atoms with Crippen LogP contribution in [0.4, 0.5) is 14.9 Å². The number of halogens is 2. The molecular formula is C23H30BrFN4O. The highest BCUT2D eigenvalue weighted by atomic mass is 79.9. The molecule has 0 bridgehead atoms. The van der Waals surface area contributed by atoms with Crippen molar-refractivity contribution in [2.24, 2.45) is 5.92 Å². The van der Waals surface area contributed by atoms with Gasteiger partial charge in [0.25, 0.3) is 0 Å². The molecule has 1 fully saturated rings. The van der Waals surface area contributed by atoms with Crippen molar-refractivity contribution in [1.82, 2.24) is 15.1 Å². The van der Waals surface area contributed by atoms with Gasteiger partial charge in [0, 0.05) is 49.4 Å². The lowest BCUT2D eigenvalue weighted by Crippen LogP contribution is -2.44. The quantitative estimate of drug-likeness (QED) is 0.620. The molecule has 30 heavy (non-hydrogen) atoms. The molecule has 1 saturated heterocycles. The number of hydrogen-bond acceptors (Lipinski definition) is 3. The molecule has 2 amide bonds. The van der Waals surface area contributed by atoms with E-state index in [2.05, 4.69) is 43.2 Å². The van der Waals surface area contributed by atoms with E-state index in [0.29, 0.717) is 25.6 Å². The second-order valence-electron chi connectivity index (χ2n) is 8.12. The molecule has 0 spiro atoms. The highest BCUT2D eigenvalue weighted by molar-refractivity contribution is 9.10. The molecule has 0 saturated carbocycles. The van der Waals surface area contributed by atoms with Crippen LogP contribution in [0.2, 0.25) is 0 Å². The Bertz CT molecular complexity index is 830. The Morgan fingerprint density at radius 1 is 1.20 bits per heavy atom. The second-order valence-corrected chi connectivity index (χ2v) is 9.03. The van der Waals surface area contributed by atoms with E-state index >= 15 is 0 Å². The first-order valence-electron chi connectivity index (χ1n) is 10.3. The third kappa shape index (κ3) is 6.71. The van der Waals surface area contributed by atoms with Crippen LogP contribution in [-0.4, -0.2) is 62.7 Å². The maximum Gasteiger partial charge on any atom is 0.317 e. The van der Waals surface area contributed by atoms with Crippen molar-refractivity contribution in [2.45, 2.75) is 13.0 Å². The number of carbonyl (C=O) groups excluding carboxylic acids is 1. The van der Waals surface area contributed by atoms with Crippen LogP contribution in [0.3, 0.4) is 0 Å². The Morgan fingerprint density at radius 2 is 1.97 bits per heavy atom. The first-order valence-corrected chi connectivity index (χ1v) is 11.1. The topological polar surface area (TPSA) is 38.8 Å². The summed E-state index contributed by atoms with van der Waals surface area (Å²) in [6.07, 6.45) is 1.06. The van der Waals surface area contributed by atoms with Crippen LogP contribution >= 0.6 is 15.9 Å². The van der Waals surface area contributed by atoms with E-state index in [1.165, 1.54) is 17.8 Å². The largest absolute Gasteiger partial charge is 0.371 e. The fourth-order valence-electron chi connectivity index (χ4n) is 3.63. The zero-order chi connectivity index (χ0) is 21.5.